The summed E-state index contributed by atoms with van der Waals surface area (Å²) in [6, 6.07) is 8.49. The number of rotatable bonds is 3. The highest BCUT2D eigenvalue weighted by molar-refractivity contribution is 9.10. The number of carbonyl (C=O) groups is 1. The first kappa shape index (κ1) is 13.8. The zero-order valence-electron chi connectivity index (χ0n) is 9.98. The molecule has 2 rings (SSSR count). The van der Waals surface area contributed by atoms with E-state index in [-0.39, 0.29) is 5.91 Å². The number of hydrogen-bond acceptors (Lipinski definition) is 3. The lowest BCUT2D eigenvalue weighted by Crippen LogP contribution is -2.14. The zero-order valence-corrected chi connectivity index (χ0v) is 12.3. The van der Waals surface area contributed by atoms with Crippen molar-refractivity contribution in [1.29, 1.82) is 0 Å². The van der Waals surface area contributed by atoms with Crippen LogP contribution in [-0.4, -0.2) is 18.0 Å². The first-order valence-electron chi connectivity index (χ1n) is 5.37. The summed E-state index contributed by atoms with van der Waals surface area (Å²) in [5.74, 6) is 0.607. The molecule has 19 heavy (non-hydrogen) atoms. The van der Waals surface area contributed by atoms with E-state index in [0.29, 0.717) is 26.6 Å². The number of anilines is 1. The molecule has 1 heterocycles. The minimum absolute atomic E-state index is 0.314. The molecule has 0 saturated carbocycles. The van der Waals surface area contributed by atoms with E-state index in [1.807, 2.05) is 0 Å². The van der Waals surface area contributed by atoms with Crippen LogP contribution >= 0.6 is 27.5 Å². The van der Waals surface area contributed by atoms with Crippen molar-refractivity contribution >= 4 is 39.3 Å². The van der Waals surface area contributed by atoms with E-state index in [0.717, 1.165) is 0 Å². The van der Waals surface area contributed by atoms with Crippen LogP contribution in [0.3, 0.4) is 0 Å². The van der Waals surface area contributed by atoms with E-state index in [1.54, 1.807) is 43.6 Å². The third kappa shape index (κ3) is 3.24. The first-order chi connectivity index (χ1) is 9.11. The largest absolute Gasteiger partial charge is 0.497 e. The molecule has 1 aromatic carbocycles. The average molecular weight is 342 g/mol. The predicted molar refractivity (Wildman–Crippen MR) is 77.9 cm³/mol. The Morgan fingerprint density at radius 2 is 2.21 bits per heavy atom. The Bertz CT molecular complexity index is 619. The SMILES string of the molecule is COc1ccc(Br)c(C(=O)Nc2ncccc2Cl)c1. The molecule has 1 N–H and O–H groups in total. The van der Waals surface area contributed by atoms with Crippen molar-refractivity contribution < 1.29 is 9.53 Å². The molecule has 98 valence electrons. The number of ether oxygens (including phenoxy) is 1. The molecule has 1 aromatic heterocycles. The van der Waals surface area contributed by atoms with Gasteiger partial charge in [-0.05, 0) is 46.3 Å². The van der Waals surface area contributed by atoms with Gasteiger partial charge in [0.15, 0.2) is 5.82 Å². The summed E-state index contributed by atoms with van der Waals surface area (Å²) in [5, 5.41) is 3.04. The highest BCUT2D eigenvalue weighted by atomic mass is 79.9. The Labute approximate surface area is 123 Å². The number of aromatic nitrogens is 1. The third-order valence-electron chi connectivity index (χ3n) is 2.41. The first-order valence-corrected chi connectivity index (χ1v) is 6.54. The second-order valence-corrected chi connectivity index (χ2v) is 4.90. The van der Waals surface area contributed by atoms with Crippen molar-refractivity contribution in [3.63, 3.8) is 0 Å². The van der Waals surface area contributed by atoms with Crippen molar-refractivity contribution in [2.24, 2.45) is 0 Å². The van der Waals surface area contributed by atoms with Gasteiger partial charge in [-0.15, -0.1) is 0 Å². The summed E-state index contributed by atoms with van der Waals surface area (Å²) in [5.41, 5.74) is 0.445. The molecular formula is C13H10BrClN2O2. The Morgan fingerprint density at radius 1 is 1.42 bits per heavy atom. The lowest BCUT2D eigenvalue weighted by atomic mass is 10.2. The van der Waals surface area contributed by atoms with Gasteiger partial charge in [-0.2, -0.15) is 0 Å². The molecule has 6 heteroatoms. The molecule has 0 atom stereocenters. The molecule has 0 aliphatic heterocycles. The van der Waals surface area contributed by atoms with Crippen LogP contribution in [0.4, 0.5) is 5.82 Å². The lowest BCUT2D eigenvalue weighted by molar-refractivity contribution is 0.102. The van der Waals surface area contributed by atoms with Crippen molar-refractivity contribution in [1.82, 2.24) is 4.98 Å². The number of carbonyl (C=O) groups excluding carboxylic acids is 1. The van der Waals surface area contributed by atoms with E-state index < -0.39 is 0 Å². The molecule has 2 aromatic rings. The molecule has 0 saturated heterocycles. The highest BCUT2D eigenvalue weighted by Gasteiger charge is 2.13. The fourth-order valence-corrected chi connectivity index (χ4v) is 2.05. The van der Waals surface area contributed by atoms with Gasteiger partial charge < -0.3 is 10.1 Å². The predicted octanol–water partition coefficient (Wildman–Crippen LogP) is 3.76. The van der Waals surface area contributed by atoms with E-state index in [4.69, 9.17) is 16.3 Å². The van der Waals surface area contributed by atoms with Crippen LogP contribution in [0.25, 0.3) is 0 Å². The summed E-state index contributed by atoms with van der Waals surface area (Å²) in [4.78, 5) is 16.2. The van der Waals surface area contributed by atoms with Gasteiger partial charge in [0, 0.05) is 10.7 Å². The quantitative estimate of drug-likeness (QED) is 0.925. The number of halogens is 2. The number of benzene rings is 1. The lowest BCUT2D eigenvalue weighted by Gasteiger charge is -2.08. The van der Waals surface area contributed by atoms with E-state index in [2.05, 4.69) is 26.2 Å². The summed E-state index contributed by atoms with van der Waals surface area (Å²) in [6.07, 6.45) is 1.56. The van der Waals surface area contributed by atoms with Crippen LogP contribution in [0.15, 0.2) is 41.0 Å². The van der Waals surface area contributed by atoms with Gasteiger partial charge in [-0.1, -0.05) is 11.6 Å². The molecule has 0 unspecified atom stereocenters. The molecule has 0 fully saturated rings. The minimum Gasteiger partial charge on any atom is -0.497 e. The standard InChI is InChI=1S/C13H10BrClN2O2/c1-19-8-4-5-10(14)9(7-8)13(18)17-12-11(15)3-2-6-16-12/h2-7H,1H3,(H,16,17,18). The monoisotopic (exact) mass is 340 g/mol. The number of methoxy groups -OCH3 is 1. The molecule has 4 nitrogen and oxygen atoms in total. The average Bonchev–Trinajstić information content (AvgIpc) is 2.42. The maximum Gasteiger partial charge on any atom is 0.258 e. The van der Waals surface area contributed by atoms with E-state index in [9.17, 15) is 4.79 Å². The van der Waals surface area contributed by atoms with E-state index in [1.165, 1.54) is 0 Å². The highest BCUT2D eigenvalue weighted by Crippen LogP contribution is 2.24. The van der Waals surface area contributed by atoms with Crippen molar-refractivity contribution in [2.45, 2.75) is 0 Å². The maximum absolute atomic E-state index is 12.2. The Hall–Kier alpha value is -1.59. The topological polar surface area (TPSA) is 51.2 Å². The summed E-state index contributed by atoms with van der Waals surface area (Å²) in [7, 11) is 1.54. The number of pyridine rings is 1. The van der Waals surface area contributed by atoms with Crippen LogP contribution in [0.5, 0.6) is 5.75 Å². The maximum atomic E-state index is 12.2. The van der Waals surface area contributed by atoms with Gasteiger partial charge in [0.05, 0.1) is 17.7 Å². The molecule has 0 aliphatic rings. The fraction of sp³-hybridized carbons (Fsp3) is 0.0769. The van der Waals surface area contributed by atoms with Crippen molar-refractivity contribution in [3.05, 3.63) is 51.6 Å². The Kier molecular flexibility index (Phi) is 4.39. The van der Waals surface area contributed by atoms with Gasteiger partial charge in [-0.3, -0.25) is 4.79 Å². The molecule has 0 spiro atoms. The smallest absolute Gasteiger partial charge is 0.258 e. The molecule has 1 amide bonds. The number of amides is 1. The van der Waals surface area contributed by atoms with Gasteiger partial charge in [-0.25, -0.2) is 4.98 Å². The van der Waals surface area contributed by atoms with Crippen LogP contribution < -0.4 is 10.1 Å². The van der Waals surface area contributed by atoms with Gasteiger partial charge in [0.1, 0.15) is 5.75 Å². The van der Waals surface area contributed by atoms with Crippen LogP contribution in [0.2, 0.25) is 5.02 Å². The summed E-state index contributed by atoms with van der Waals surface area (Å²) < 4.78 is 5.76. The zero-order chi connectivity index (χ0) is 13.8. The normalized spacial score (nSPS) is 10.1. The Morgan fingerprint density at radius 3 is 2.89 bits per heavy atom. The number of hydrogen-bond donors (Lipinski definition) is 1. The number of nitrogens with zero attached hydrogens (tertiary/aromatic N) is 1. The second kappa shape index (κ2) is 6.04. The third-order valence-corrected chi connectivity index (χ3v) is 3.41. The van der Waals surface area contributed by atoms with Gasteiger partial charge >= 0.3 is 0 Å². The molecule has 0 radical (unpaired) electrons. The Balaban J connectivity index is 2.28. The van der Waals surface area contributed by atoms with Gasteiger partial charge in [0.2, 0.25) is 0 Å². The van der Waals surface area contributed by atoms with Gasteiger partial charge in [0.25, 0.3) is 5.91 Å². The molecular weight excluding hydrogens is 332 g/mol. The van der Waals surface area contributed by atoms with Crippen LogP contribution in [0.1, 0.15) is 10.4 Å². The molecule has 0 bridgehead atoms. The van der Waals surface area contributed by atoms with E-state index >= 15 is 0 Å². The van der Waals surface area contributed by atoms with Crippen molar-refractivity contribution in [3.8, 4) is 5.75 Å². The fourth-order valence-electron chi connectivity index (χ4n) is 1.46. The molecule has 0 aliphatic carbocycles. The van der Waals surface area contributed by atoms with Crippen LogP contribution in [-0.2, 0) is 0 Å². The second-order valence-electron chi connectivity index (χ2n) is 3.63. The van der Waals surface area contributed by atoms with Crippen LogP contribution in [0, 0.1) is 0 Å². The van der Waals surface area contributed by atoms with Crippen molar-refractivity contribution in [2.75, 3.05) is 12.4 Å². The number of nitrogens with one attached hydrogen (secondary N) is 1. The summed E-state index contributed by atoms with van der Waals surface area (Å²) >= 11 is 9.26. The minimum atomic E-state index is -0.314. The summed E-state index contributed by atoms with van der Waals surface area (Å²) in [6.45, 7) is 0.